The van der Waals surface area contributed by atoms with Crippen molar-refractivity contribution in [1.29, 1.82) is 0 Å². The SMILES string of the molecule is [CH2]CCCC(CC)C1CCCC1. The summed E-state index contributed by atoms with van der Waals surface area (Å²) in [5, 5.41) is 0. The van der Waals surface area contributed by atoms with E-state index in [0.717, 1.165) is 18.3 Å². The summed E-state index contributed by atoms with van der Waals surface area (Å²) >= 11 is 0. The van der Waals surface area contributed by atoms with Crippen LogP contribution in [0.4, 0.5) is 0 Å². The Morgan fingerprint density at radius 3 is 2.50 bits per heavy atom. The molecule has 0 aromatic heterocycles. The maximum Gasteiger partial charge on any atom is -0.0386 e. The molecule has 12 heavy (non-hydrogen) atoms. The molecule has 0 heterocycles. The van der Waals surface area contributed by atoms with Crippen molar-refractivity contribution in [3.63, 3.8) is 0 Å². The summed E-state index contributed by atoms with van der Waals surface area (Å²) in [5.41, 5.74) is 0. The van der Waals surface area contributed by atoms with Crippen LogP contribution in [0.2, 0.25) is 0 Å². The van der Waals surface area contributed by atoms with Crippen molar-refractivity contribution < 1.29 is 0 Å². The molecule has 1 saturated carbocycles. The smallest absolute Gasteiger partial charge is 0.0386 e. The minimum absolute atomic E-state index is 1.02. The Hall–Kier alpha value is 0. The lowest BCUT2D eigenvalue weighted by Gasteiger charge is -2.21. The zero-order valence-electron chi connectivity index (χ0n) is 8.52. The quantitative estimate of drug-likeness (QED) is 0.575. The molecule has 0 spiro atoms. The van der Waals surface area contributed by atoms with Gasteiger partial charge in [0.1, 0.15) is 0 Å². The predicted octanol–water partition coefficient (Wildman–Crippen LogP) is 4.21. The number of rotatable bonds is 5. The number of hydrogen-bond donors (Lipinski definition) is 0. The van der Waals surface area contributed by atoms with E-state index in [9.17, 15) is 0 Å². The lowest BCUT2D eigenvalue weighted by Crippen LogP contribution is -2.10. The molecule has 1 aliphatic rings. The van der Waals surface area contributed by atoms with Gasteiger partial charge in [0, 0.05) is 0 Å². The molecule has 0 bridgehead atoms. The molecule has 0 aromatic rings. The van der Waals surface area contributed by atoms with Gasteiger partial charge in [-0.2, -0.15) is 0 Å². The summed E-state index contributed by atoms with van der Waals surface area (Å²) < 4.78 is 0. The van der Waals surface area contributed by atoms with Gasteiger partial charge in [-0.25, -0.2) is 0 Å². The molecule has 0 N–H and O–H groups in total. The average molecular weight is 167 g/mol. The van der Waals surface area contributed by atoms with Crippen molar-refractivity contribution >= 4 is 0 Å². The Balaban J connectivity index is 2.22. The second kappa shape index (κ2) is 5.61. The molecule has 71 valence electrons. The van der Waals surface area contributed by atoms with Gasteiger partial charge in [-0.1, -0.05) is 65.2 Å². The molecular weight excluding hydrogens is 144 g/mol. The third-order valence-corrected chi connectivity index (χ3v) is 3.42. The van der Waals surface area contributed by atoms with Crippen LogP contribution in [0.3, 0.4) is 0 Å². The summed E-state index contributed by atoms with van der Waals surface area (Å²) in [6, 6.07) is 0. The fourth-order valence-corrected chi connectivity index (χ4v) is 2.61. The molecule has 0 amide bonds. The summed E-state index contributed by atoms with van der Waals surface area (Å²) in [6.07, 6.45) is 11.3. The van der Waals surface area contributed by atoms with Crippen LogP contribution in [0.1, 0.15) is 58.3 Å². The Morgan fingerprint density at radius 2 is 2.00 bits per heavy atom. The lowest BCUT2D eigenvalue weighted by molar-refractivity contribution is 0.303. The first kappa shape index (κ1) is 10.1. The van der Waals surface area contributed by atoms with Crippen LogP contribution in [0.15, 0.2) is 0 Å². The van der Waals surface area contributed by atoms with Crippen LogP contribution in [-0.2, 0) is 0 Å². The third kappa shape index (κ3) is 2.80. The lowest BCUT2D eigenvalue weighted by atomic mass is 9.85. The highest BCUT2D eigenvalue weighted by Crippen LogP contribution is 2.35. The molecule has 1 unspecified atom stereocenters. The zero-order valence-corrected chi connectivity index (χ0v) is 8.52. The predicted molar refractivity (Wildman–Crippen MR) is 54.9 cm³/mol. The van der Waals surface area contributed by atoms with Gasteiger partial charge in [0.15, 0.2) is 0 Å². The first-order valence-corrected chi connectivity index (χ1v) is 5.67. The van der Waals surface area contributed by atoms with Crippen LogP contribution in [-0.4, -0.2) is 0 Å². The van der Waals surface area contributed by atoms with Gasteiger partial charge in [-0.3, -0.25) is 0 Å². The third-order valence-electron chi connectivity index (χ3n) is 3.42. The van der Waals surface area contributed by atoms with Crippen molar-refractivity contribution in [2.45, 2.75) is 58.3 Å². The van der Waals surface area contributed by atoms with E-state index >= 15 is 0 Å². The minimum atomic E-state index is 1.02. The standard InChI is InChI=1S/C12H23/c1-3-5-8-11(4-2)12-9-6-7-10-12/h11-12H,1,3-10H2,2H3. The van der Waals surface area contributed by atoms with E-state index in [1.54, 1.807) is 0 Å². The van der Waals surface area contributed by atoms with Crippen LogP contribution in [0, 0.1) is 18.8 Å². The van der Waals surface area contributed by atoms with E-state index in [4.69, 9.17) is 0 Å². The highest BCUT2D eigenvalue weighted by atomic mass is 14.3. The molecule has 1 aliphatic carbocycles. The fraction of sp³-hybridized carbons (Fsp3) is 0.917. The maximum absolute atomic E-state index is 3.92. The van der Waals surface area contributed by atoms with Gasteiger partial charge in [0.2, 0.25) is 0 Å². The van der Waals surface area contributed by atoms with E-state index in [1.165, 1.54) is 44.9 Å². The molecule has 1 atom stereocenters. The normalized spacial score (nSPS) is 21.5. The Morgan fingerprint density at radius 1 is 1.33 bits per heavy atom. The molecule has 0 aromatic carbocycles. The zero-order chi connectivity index (χ0) is 8.81. The van der Waals surface area contributed by atoms with Gasteiger partial charge in [-0.15, -0.1) is 0 Å². The van der Waals surface area contributed by atoms with Crippen LogP contribution in [0.5, 0.6) is 0 Å². The second-order valence-electron chi connectivity index (χ2n) is 4.21. The molecule has 0 heteroatoms. The minimum Gasteiger partial charge on any atom is -0.0651 e. The maximum atomic E-state index is 3.92. The van der Waals surface area contributed by atoms with Crippen molar-refractivity contribution in [3.05, 3.63) is 6.92 Å². The first-order chi connectivity index (χ1) is 5.88. The molecule has 0 nitrogen and oxygen atoms in total. The van der Waals surface area contributed by atoms with Crippen LogP contribution in [0.25, 0.3) is 0 Å². The van der Waals surface area contributed by atoms with E-state index in [1.807, 2.05) is 0 Å². The highest BCUT2D eigenvalue weighted by molar-refractivity contribution is 4.74. The molecular formula is C12H23. The monoisotopic (exact) mass is 167 g/mol. The topological polar surface area (TPSA) is 0 Å². The van der Waals surface area contributed by atoms with E-state index in [0.29, 0.717) is 0 Å². The van der Waals surface area contributed by atoms with Crippen LogP contribution < -0.4 is 0 Å². The van der Waals surface area contributed by atoms with E-state index < -0.39 is 0 Å². The summed E-state index contributed by atoms with van der Waals surface area (Å²) in [7, 11) is 0. The summed E-state index contributed by atoms with van der Waals surface area (Å²) in [5.74, 6) is 2.09. The van der Waals surface area contributed by atoms with Crippen molar-refractivity contribution in [1.82, 2.24) is 0 Å². The Bertz CT molecular complexity index is 101. The van der Waals surface area contributed by atoms with E-state index in [-0.39, 0.29) is 0 Å². The van der Waals surface area contributed by atoms with Gasteiger partial charge in [-0.05, 0) is 11.8 Å². The van der Waals surface area contributed by atoms with E-state index in [2.05, 4.69) is 13.8 Å². The van der Waals surface area contributed by atoms with Crippen LogP contribution >= 0.6 is 0 Å². The molecule has 1 rings (SSSR count). The molecule has 1 fully saturated rings. The summed E-state index contributed by atoms with van der Waals surface area (Å²) in [4.78, 5) is 0. The van der Waals surface area contributed by atoms with Gasteiger partial charge >= 0.3 is 0 Å². The van der Waals surface area contributed by atoms with Gasteiger partial charge in [0.25, 0.3) is 0 Å². The van der Waals surface area contributed by atoms with Crippen molar-refractivity contribution in [2.24, 2.45) is 11.8 Å². The van der Waals surface area contributed by atoms with Crippen molar-refractivity contribution in [3.8, 4) is 0 Å². The van der Waals surface area contributed by atoms with Crippen molar-refractivity contribution in [2.75, 3.05) is 0 Å². The molecule has 0 saturated heterocycles. The molecule has 1 radical (unpaired) electrons. The Kier molecular flexibility index (Phi) is 4.72. The summed E-state index contributed by atoms with van der Waals surface area (Å²) in [6.45, 7) is 6.27. The first-order valence-electron chi connectivity index (χ1n) is 5.67. The number of unbranched alkanes of at least 4 members (excludes halogenated alkanes) is 1. The van der Waals surface area contributed by atoms with Gasteiger partial charge < -0.3 is 0 Å². The fourth-order valence-electron chi connectivity index (χ4n) is 2.61. The van der Waals surface area contributed by atoms with Gasteiger partial charge in [0.05, 0.1) is 0 Å². The average Bonchev–Trinajstić information content (AvgIpc) is 2.59. The second-order valence-corrected chi connectivity index (χ2v) is 4.21. The highest BCUT2D eigenvalue weighted by Gasteiger charge is 2.22. The molecule has 0 aliphatic heterocycles. The largest absolute Gasteiger partial charge is 0.0651 e. The Labute approximate surface area is 77.7 Å². The number of hydrogen-bond acceptors (Lipinski definition) is 0.